The highest BCUT2D eigenvalue weighted by Crippen LogP contribution is 2.43. The molecule has 49 heavy (non-hydrogen) atoms. The molecule has 0 aliphatic carbocycles. The number of para-hydroxylation sites is 3. The van der Waals surface area contributed by atoms with Gasteiger partial charge in [-0.1, -0.05) is 78.9 Å². The summed E-state index contributed by atoms with van der Waals surface area (Å²) < 4.78 is 11.1. The molecule has 7 aromatic carbocycles. The molecule has 0 atom stereocenters. The van der Waals surface area contributed by atoms with E-state index in [1.54, 1.807) is 0 Å². The first-order chi connectivity index (χ1) is 24.2. The van der Waals surface area contributed by atoms with Crippen LogP contribution in [0.4, 0.5) is 5.69 Å². The van der Waals surface area contributed by atoms with Gasteiger partial charge in [-0.15, -0.1) is 0 Å². The number of rotatable bonds is 3. The predicted molar refractivity (Wildman–Crippen MR) is 199 cm³/mol. The lowest BCUT2D eigenvalue weighted by atomic mass is 9.99. The average Bonchev–Trinajstić information content (AvgIpc) is 3.82. The van der Waals surface area contributed by atoms with E-state index in [0.717, 1.165) is 88.1 Å². The van der Waals surface area contributed by atoms with Gasteiger partial charge in [-0.2, -0.15) is 5.26 Å². The van der Waals surface area contributed by atoms with E-state index in [1.807, 2.05) is 60.7 Å². The fraction of sp³-hybridized carbons (Fsp3) is 0. The van der Waals surface area contributed by atoms with E-state index in [-0.39, 0.29) is 0 Å². The molecule has 0 radical (unpaired) electrons. The molecular weight excluding hydrogens is 601 g/mol. The Balaban J connectivity index is 1.29. The lowest BCUT2D eigenvalue weighted by Crippen LogP contribution is -1.98. The van der Waals surface area contributed by atoms with Crippen molar-refractivity contribution < 1.29 is 4.42 Å². The number of nitriles is 1. The highest BCUT2D eigenvalue weighted by molar-refractivity contribution is 6.22. The Hall–Kier alpha value is -7.08. The van der Waals surface area contributed by atoms with Crippen molar-refractivity contribution in [1.29, 1.82) is 5.26 Å². The van der Waals surface area contributed by atoms with Crippen molar-refractivity contribution in [3.63, 3.8) is 0 Å². The lowest BCUT2D eigenvalue weighted by molar-refractivity contribution is 0.671. The van der Waals surface area contributed by atoms with Gasteiger partial charge in [0.05, 0.1) is 46.0 Å². The van der Waals surface area contributed by atoms with Gasteiger partial charge in [0.2, 0.25) is 0 Å². The van der Waals surface area contributed by atoms with Crippen LogP contribution in [-0.4, -0.2) is 9.13 Å². The van der Waals surface area contributed by atoms with E-state index in [0.29, 0.717) is 11.3 Å². The van der Waals surface area contributed by atoms with E-state index in [2.05, 4.69) is 105 Å². The molecule has 226 valence electrons. The first-order valence-corrected chi connectivity index (χ1v) is 16.1. The van der Waals surface area contributed by atoms with E-state index >= 15 is 0 Å². The summed E-state index contributed by atoms with van der Waals surface area (Å²) >= 11 is 0. The van der Waals surface area contributed by atoms with Gasteiger partial charge in [-0.05, 0) is 77.7 Å². The topological polar surface area (TPSA) is 51.1 Å². The van der Waals surface area contributed by atoms with Gasteiger partial charge in [0, 0.05) is 38.2 Å². The minimum absolute atomic E-state index is 0.580. The minimum atomic E-state index is 0.580. The zero-order valence-corrected chi connectivity index (χ0v) is 26.1. The Morgan fingerprint density at radius 3 is 2.14 bits per heavy atom. The normalized spacial score (nSPS) is 11.6. The fourth-order valence-corrected chi connectivity index (χ4v) is 7.61. The molecule has 5 nitrogen and oxygen atoms in total. The summed E-state index contributed by atoms with van der Waals surface area (Å²) in [6, 6.07) is 52.0. The van der Waals surface area contributed by atoms with Crippen LogP contribution < -0.4 is 0 Å². The van der Waals surface area contributed by atoms with Crippen molar-refractivity contribution in [3.05, 3.63) is 163 Å². The molecule has 0 unspecified atom stereocenters. The lowest BCUT2D eigenvalue weighted by Gasteiger charge is -2.15. The third-order valence-corrected chi connectivity index (χ3v) is 9.75. The molecule has 0 fully saturated rings. The third kappa shape index (κ3) is 3.85. The fourth-order valence-electron chi connectivity index (χ4n) is 7.61. The number of aromatic nitrogens is 2. The average molecular weight is 625 g/mol. The smallest absolute Gasteiger partial charge is 0.188 e. The largest absolute Gasteiger partial charge is 0.454 e. The van der Waals surface area contributed by atoms with E-state index in [1.165, 1.54) is 0 Å². The Morgan fingerprint density at radius 2 is 1.29 bits per heavy atom. The van der Waals surface area contributed by atoms with Crippen LogP contribution in [0.25, 0.3) is 92.9 Å². The molecule has 0 spiro atoms. The summed E-state index contributed by atoms with van der Waals surface area (Å²) in [6.07, 6.45) is 0. The molecule has 0 aliphatic rings. The zero-order valence-electron chi connectivity index (χ0n) is 26.1. The van der Waals surface area contributed by atoms with Gasteiger partial charge in [-0.25, -0.2) is 4.85 Å². The third-order valence-electron chi connectivity index (χ3n) is 9.75. The molecule has 10 rings (SSSR count). The molecule has 3 heterocycles. The van der Waals surface area contributed by atoms with E-state index in [9.17, 15) is 5.26 Å². The van der Waals surface area contributed by atoms with Crippen molar-refractivity contribution in [2.75, 3.05) is 0 Å². The SMILES string of the molecule is [C-]#[N+]c1ccc2c(c1)c1ccccc1n2-c1cc(C#N)ccc1-c1ccc2c(c1)c1ccc3c4ccccc4oc3c1n2-c1ccccc1. The van der Waals surface area contributed by atoms with Crippen molar-refractivity contribution in [2.45, 2.75) is 0 Å². The number of hydrogen-bond donors (Lipinski definition) is 0. The quantitative estimate of drug-likeness (QED) is 0.184. The van der Waals surface area contributed by atoms with Crippen molar-refractivity contribution in [3.8, 4) is 28.6 Å². The number of furan rings is 1. The Labute approximate surface area is 280 Å². The summed E-state index contributed by atoms with van der Waals surface area (Å²) in [5.41, 5.74) is 11.0. The standard InChI is InChI=1S/C44H24N4O/c1-46-29-17-22-40-37(25-29)32-11-5-7-13-38(32)48(40)41-23-27(26-45)15-18-31(41)28-16-21-39-36(24-28)34-19-20-35-33-12-6-8-14-42(33)49-44(35)43(34)47(39)30-9-3-2-4-10-30/h2-25H. The Kier molecular flexibility index (Phi) is 5.64. The molecule has 3 aromatic heterocycles. The summed E-state index contributed by atoms with van der Waals surface area (Å²) in [5.74, 6) is 0. The van der Waals surface area contributed by atoms with E-state index in [4.69, 9.17) is 11.0 Å². The highest BCUT2D eigenvalue weighted by atomic mass is 16.3. The van der Waals surface area contributed by atoms with Gasteiger partial charge < -0.3 is 13.6 Å². The van der Waals surface area contributed by atoms with Crippen LogP contribution in [-0.2, 0) is 0 Å². The van der Waals surface area contributed by atoms with E-state index < -0.39 is 0 Å². The van der Waals surface area contributed by atoms with Crippen LogP contribution in [0.2, 0.25) is 0 Å². The molecule has 0 saturated carbocycles. The van der Waals surface area contributed by atoms with Crippen LogP contribution in [0.15, 0.2) is 150 Å². The Bertz CT molecular complexity index is 3070. The van der Waals surface area contributed by atoms with Gasteiger partial charge in [0.15, 0.2) is 11.3 Å². The number of benzene rings is 7. The Morgan fingerprint density at radius 1 is 0.571 bits per heavy atom. The number of nitrogens with zero attached hydrogens (tertiary/aromatic N) is 4. The molecule has 0 N–H and O–H groups in total. The summed E-state index contributed by atoms with van der Waals surface area (Å²) in [6.45, 7) is 7.62. The van der Waals surface area contributed by atoms with Gasteiger partial charge in [0.1, 0.15) is 5.58 Å². The second-order valence-corrected chi connectivity index (χ2v) is 12.3. The van der Waals surface area contributed by atoms with Crippen LogP contribution in [0.5, 0.6) is 0 Å². The second-order valence-electron chi connectivity index (χ2n) is 12.3. The first-order valence-electron chi connectivity index (χ1n) is 16.1. The van der Waals surface area contributed by atoms with Crippen LogP contribution in [0.3, 0.4) is 0 Å². The molecule has 5 heteroatoms. The van der Waals surface area contributed by atoms with Crippen molar-refractivity contribution >= 4 is 71.2 Å². The maximum Gasteiger partial charge on any atom is 0.188 e. The van der Waals surface area contributed by atoms with Gasteiger partial charge >= 0.3 is 0 Å². The maximum atomic E-state index is 10.0. The first kappa shape index (κ1) is 27.1. The summed E-state index contributed by atoms with van der Waals surface area (Å²) in [4.78, 5) is 3.70. The van der Waals surface area contributed by atoms with Crippen LogP contribution >= 0.6 is 0 Å². The molecule has 0 amide bonds. The maximum absolute atomic E-state index is 10.0. The predicted octanol–water partition coefficient (Wildman–Crippen LogP) is 11.9. The number of hydrogen-bond acceptors (Lipinski definition) is 2. The summed E-state index contributed by atoms with van der Waals surface area (Å²) in [5, 5.41) is 16.5. The van der Waals surface area contributed by atoms with Crippen molar-refractivity contribution in [1.82, 2.24) is 9.13 Å². The summed E-state index contributed by atoms with van der Waals surface area (Å²) in [7, 11) is 0. The van der Waals surface area contributed by atoms with Crippen molar-refractivity contribution in [2.24, 2.45) is 0 Å². The molecule has 0 bridgehead atoms. The highest BCUT2D eigenvalue weighted by Gasteiger charge is 2.21. The number of fused-ring (bicyclic) bond motifs is 10. The monoisotopic (exact) mass is 624 g/mol. The van der Waals surface area contributed by atoms with Crippen LogP contribution in [0.1, 0.15) is 5.56 Å². The molecule has 0 aliphatic heterocycles. The molecule has 0 saturated heterocycles. The van der Waals surface area contributed by atoms with Gasteiger partial charge in [-0.3, -0.25) is 0 Å². The minimum Gasteiger partial charge on any atom is -0.454 e. The zero-order chi connectivity index (χ0) is 32.6. The molecule has 10 aromatic rings. The van der Waals surface area contributed by atoms with Gasteiger partial charge in [0.25, 0.3) is 0 Å². The molecular formula is C44H24N4O. The van der Waals surface area contributed by atoms with Crippen LogP contribution in [0, 0.1) is 17.9 Å². The second kappa shape index (κ2) is 10.2.